The fraction of sp³-hybridized carbons (Fsp3) is 0.500. The van der Waals surface area contributed by atoms with Gasteiger partial charge in [0.2, 0.25) is 0 Å². The van der Waals surface area contributed by atoms with Gasteiger partial charge in [0.1, 0.15) is 0 Å². The summed E-state index contributed by atoms with van der Waals surface area (Å²) in [4.78, 5) is 2.27. The Bertz CT molecular complexity index is 373. The highest BCUT2D eigenvalue weighted by Crippen LogP contribution is 2.23. The van der Waals surface area contributed by atoms with E-state index < -0.39 is 5.82 Å². The molecule has 3 nitrogen and oxygen atoms in total. The van der Waals surface area contributed by atoms with E-state index in [0.717, 1.165) is 18.7 Å². The van der Waals surface area contributed by atoms with E-state index in [4.69, 9.17) is 5.11 Å². The van der Waals surface area contributed by atoms with Gasteiger partial charge in [0.25, 0.3) is 0 Å². The molecule has 0 saturated carbocycles. The van der Waals surface area contributed by atoms with Crippen LogP contribution in [0.1, 0.15) is 13.3 Å². The molecule has 0 aliphatic carbocycles. The topological polar surface area (TPSA) is 35.5 Å². The van der Waals surface area contributed by atoms with Gasteiger partial charge >= 0.3 is 0 Å². The molecule has 0 spiro atoms. The number of anilines is 1. The molecule has 16 heavy (non-hydrogen) atoms. The fourth-order valence-electron chi connectivity index (χ4n) is 2.13. The summed E-state index contributed by atoms with van der Waals surface area (Å²) in [5, 5.41) is 12.4. The Kier molecular flexibility index (Phi) is 3.01. The van der Waals surface area contributed by atoms with Gasteiger partial charge in [-0.2, -0.15) is 0 Å². The predicted molar refractivity (Wildman–Crippen MR) is 62.2 cm³/mol. The van der Waals surface area contributed by atoms with Crippen LogP contribution in [0, 0.1) is 5.82 Å². The zero-order valence-corrected chi connectivity index (χ0v) is 9.57. The largest absolute Gasteiger partial charge is 0.505 e. The van der Waals surface area contributed by atoms with Gasteiger partial charge < -0.3 is 15.3 Å². The number of benzene rings is 1. The molecule has 1 fully saturated rings. The molecule has 1 aliphatic rings. The number of likely N-dealkylation sites (tertiary alicyclic amines) is 1. The number of halogens is 1. The van der Waals surface area contributed by atoms with E-state index in [0.29, 0.717) is 12.1 Å². The lowest BCUT2D eigenvalue weighted by Gasteiger charge is -2.14. The Hall–Kier alpha value is -1.29. The van der Waals surface area contributed by atoms with Crippen LogP contribution in [0.4, 0.5) is 10.1 Å². The van der Waals surface area contributed by atoms with Crippen LogP contribution in [0.15, 0.2) is 18.2 Å². The third kappa shape index (κ3) is 2.27. The standard InChI is InChI=1S/C12H17FN2O/c1-8-5-10(7-15(8)2)14-9-3-4-12(16)11(13)6-9/h3-4,6,8,10,14,16H,5,7H2,1-2H3. The van der Waals surface area contributed by atoms with Crippen LogP contribution in [-0.2, 0) is 0 Å². The quantitative estimate of drug-likeness (QED) is 0.755. The van der Waals surface area contributed by atoms with E-state index in [-0.39, 0.29) is 5.75 Å². The van der Waals surface area contributed by atoms with Gasteiger partial charge in [0.05, 0.1) is 0 Å². The van der Waals surface area contributed by atoms with Crippen LogP contribution in [0.25, 0.3) is 0 Å². The summed E-state index contributed by atoms with van der Waals surface area (Å²) in [6.45, 7) is 3.14. The minimum atomic E-state index is -0.579. The third-order valence-corrected chi connectivity index (χ3v) is 3.20. The molecular weight excluding hydrogens is 207 g/mol. The molecule has 0 radical (unpaired) electrons. The second-order valence-electron chi connectivity index (χ2n) is 4.53. The minimum absolute atomic E-state index is 0.303. The van der Waals surface area contributed by atoms with Crippen LogP contribution in [-0.4, -0.2) is 35.7 Å². The van der Waals surface area contributed by atoms with Crippen molar-refractivity contribution in [3.63, 3.8) is 0 Å². The maximum Gasteiger partial charge on any atom is 0.166 e. The van der Waals surface area contributed by atoms with Gasteiger partial charge in [-0.3, -0.25) is 0 Å². The van der Waals surface area contributed by atoms with Gasteiger partial charge in [0, 0.05) is 30.4 Å². The first-order chi connectivity index (χ1) is 7.56. The number of nitrogens with one attached hydrogen (secondary N) is 1. The summed E-state index contributed by atoms with van der Waals surface area (Å²) in [6, 6.07) is 5.31. The van der Waals surface area contributed by atoms with Crippen molar-refractivity contribution >= 4 is 5.69 Å². The van der Waals surface area contributed by atoms with Crippen molar-refractivity contribution in [1.82, 2.24) is 4.90 Å². The predicted octanol–water partition coefficient (Wildman–Crippen LogP) is 2.04. The zero-order valence-electron chi connectivity index (χ0n) is 9.57. The van der Waals surface area contributed by atoms with Gasteiger partial charge in [-0.15, -0.1) is 0 Å². The van der Waals surface area contributed by atoms with Crippen LogP contribution in [0.2, 0.25) is 0 Å². The van der Waals surface area contributed by atoms with E-state index in [2.05, 4.69) is 24.2 Å². The number of hydrogen-bond donors (Lipinski definition) is 2. The highest BCUT2D eigenvalue weighted by Gasteiger charge is 2.25. The van der Waals surface area contributed by atoms with Crippen LogP contribution in [0.3, 0.4) is 0 Å². The SMILES string of the molecule is CC1CC(Nc2ccc(O)c(F)c2)CN1C. The van der Waals surface area contributed by atoms with E-state index in [1.807, 2.05) is 0 Å². The molecule has 1 aliphatic heterocycles. The molecule has 1 saturated heterocycles. The Labute approximate surface area is 94.9 Å². The van der Waals surface area contributed by atoms with Crippen molar-refractivity contribution in [2.45, 2.75) is 25.4 Å². The molecule has 1 aromatic carbocycles. The molecule has 88 valence electrons. The lowest BCUT2D eigenvalue weighted by molar-refractivity contribution is 0.330. The van der Waals surface area contributed by atoms with Gasteiger partial charge in [0.15, 0.2) is 11.6 Å². The summed E-state index contributed by atoms with van der Waals surface area (Å²) in [7, 11) is 2.09. The molecule has 0 amide bonds. The third-order valence-electron chi connectivity index (χ3n) is 3.20. The molecular formula is C12H17FN2O. The number of rotatable bonds is 2. The Balaban J connectivity index is 2.02. The average molecular weight is 224 g/mol. The second kappa shape index (κ2) is 4.29. The smallest absolute Gasteiger partial charge is 0.166 e. The van der Waals surface area contributed by atoms with E-state index >= 15 is 0 Å². The van der Waals surface area contributed by atoms with Crippen molar-refractivity contribution < 1.29 is 9.50 Å². The number of aromatic hydroxyl groups is 1. The Morgan fingerprint density at radius 3 is 2.81 bits per heavy atom. The number of hydrogen-bond acceptors (Lipinski definition) is 3. The number of likely N-dealkylation sites (N-methyl/N-ethyl adjacent to an activating group) is 1. The maximum atomic E-state index is 13.1. The first-order valence-electron chi connectivity index (χ1n) is 5.51. The summed E-state index contributed by atoms with van der Waals surface area (Å²) in [5.41, 5.74) is 0.725. The molecule has 0 aromatic heterocycles. The summed E-state index contributed by atoms with van der Waals surface area (Å²) in [6.07, 6.45) is 1.05. The Morgan fingerprint density at radius 1 is 1.50 bits per heavy atom. The average Bonchev–Trinajstić information content (AvgIpc) is 2.52. The van der Waals surface area contributed by atoms with Crippen molar-refractivity contribution in [3.8, 4) is 5.75 Å². The molecule has 1 heterocycles. The number of nitrogens with zero attached hydrogens (tertiary/aromatic N) is 1. The lowest BCUT2D eigenvalue weighted by atomic mass is 10.2. The summed E-state index contributed by atoms with van der Waals surface area (Å²) in [5.74, 6) is -0.883. The maximum absolute atomic E-state index is 13.1. The first kappa shape index (κ1) is 11.2. The monoisotopic (exact) mass is 224 g/mol. The molecule has 2 unspecified atom stereocenters. The molecule has 2 N–H and O–H groups in total. The van der Waals surface area contributed by atoms with Crippen LogP contribution >= 0.6 is 0 Å². The van der Waals surface area contributed by atoms with Crippen molar-refractivity contribution in [2.24, 2.45) is 0 Å². The van der Waals surface area contributed by atoms with Gasteiger partial charge in [-0.25, -0.2) is 4.39 Å². The number of phenolic OH excluding ortho intramolecular Hbond substituents is 1. The highest BCUT2D eigenvalue weighted by molar-refractivity contribution is 5.47. The van der Waals surface area contributed by atoms with Crippen molar-refractivity contribution in [2.75, 3.05) is 18.9 Å². The summed E-state index contributed by atoms with van der Waals surface area (Å²) < 4.78 is 13.1. The molecule has 4 heteroatoms. The molecule has 2 atom stereocenters. The molecule has 2 rings (SSSR count). The lowest BCUT2D eigenvalue weighted by Crippen LogP contribution is -2.24. The van der Waals surface area contributed by atoms with Gasteiger partial charge in [-0.05, 0) is 32.5 Å². The van der Waals surface area contributed by atoms with Gasteiger partial charge in [-0.1, -0.05) is 0 Å². The van der Waals surface area contributed by atoms with E-state index in [1.165, 1.54) is 12.1 Å². The normalized spacial score (nSPS) is 25.9. The van der Waals surface area contributed by atoms with E-state index in [1.54, 1.807) is 6.07 Å². The van der Waals surface area contributed by atoms with Crippen molar-refractivity contribution in [1.29, 1.82) is 0 Å². The van der Waals surface area contributed by atoms with Crippen molar-refractivity contribution in [3.05, 3.63) is 24.0 Å². The van der Waals surface area contributed by atoms with Crippen LogP contribution < -0.4 is 5.32 Å². The van der Waals surface area contributed by atoms with E-state index in [9.17, 15) is 4.39 Å². The van der Waals surface area contributed by atoms with Crippen LogP contribution in [0.5, 0.6) is 5.75 Å². The zero-order chi connectivity index (χ0) is 11.7. The second-order valence-corrected chi connectivity index (χ2v) is 4.53. The fourth-order valence-corrected chi connectivity index (χ4v) is 2.13. The highest BCUT2D eigenvalue weighted by atomic mass is 19.1. The Morgan fingerprint density at radius 2 is 2.25 bits per heavy atom. The minimum Gasteiger partial charge on any atom is -0.505 e. The number of phenols is 1. The molecule has 0 bridgehead atoms. The first-order valence-corrected chi connectivity index (χ1v) is 5.51. The summed E-state index contributed by atoms with van der Waals surface area (Å²) >= 11 is 0. The molecule has 1 aromatic rings.